The second-order valence-electron chi connectivity index (χ2n) is 9.81. The Hall–Kier alpha value is -3.12. The maximum Gasteiger partial charge on any atom is -0.0238 e. The zero-order valence-corrected chi connectivity index (χ0v) is 22.9. The third kappa shape index (κ3) is 9.50. The lowest BCUT2D eigenvalue weighted by molar-refractivity contribution is 0.818. The molecule has 0 aliphatic rings. The van der Waals surface area contributed by atoms with Gasteiger partial charge in [0.1, 0.15) is 0 Å². The molecular formula is C36H44. The average Bonchev–Trinajstić information content (AvgIpc) is 2.92. The van der Waals surface area contributed by atoms with Gasteiger partial charge in [0.05, 0.1) is 0 Å². The van der Waals surface area contributed by atoms with Crippen molar-refractivity contribution in [3.05, 3.63) is 142 Å². The van der Waals surface area contributed by atoms with Gasteiger partial charge in [-0.1, -0.05) is 122 Å². The van der Waals surface area contributed by atoms with Crippen LogP contribution in [0.5, 0.6) is 0 Å². The lowest BCUT2D eigenvalue weighted by atomic mass is 9.98. The van der Waals surface area contributed by atoms with Crippen molar-refractivity contribution < 1.29 is 0 Å². The van der Waals surface area contributed by atoms with Crippen LogP contribution in [0.2, 0.25) is 0 Å². The molecule has 4 aromatic carbocycles. The van der Waals surface area contributed by atoms with Gasteiger partial charge in [-0.3, -0.25) is 0 Å². The van der Waals surface area contributed by atoms with Gasteiger partial charge in [0.2, 0.25) is 0 Å². The predicted octanol–water partition coefficient (Wildman–Crippen LogP) is 9.47. The minimum Gasteiger partial charge on any atom is -0.0683 e. The second kappa shape index (κ2) is 15.1. The molecule has 0 radical (unpaired) electrons. The highest BCUT2D eigenvalue weighted by atomic mass is 14.1. The van der Waals surface area contributed by atoms with Crippen molar-refractivity contribution in [3.63, 3.8) is 0 Å². The van der Waals surface area contributed by atoms with Crippen molar-refractivity contribution in [1.29, 1.82) is 0 Å². The van der Waals surface area contributed by atoms with Gasteiger partial charge in [0.25, 0.3) is 0 Å². The fourth-order valence-corrected chi connectivity index (χ4v) is 4.54. The molecule has 0 spiro atoms. The van der Waals surface area contributed by atoms with Gasteiger partial charge in [0, 0.05) is 0 Å². The molecule has 0 heteroatoms. The van der Waals surface area contributed by atoms with Crippen molar-refractivity contribution in [2.75, 3.05) is 0 Å². The molecule has 0 heterocycles. The molecule has 0 nitrogen and oxygen atoms in total. The molecule has 0 fully saturated rings. The summed E-state index contributed by atoms with van der Waals surface area (Å²) in [4.78, 5) is 0. The maximum atomic E-state index is 2.32. The highest BCUT2D eigenvalue weighted by Crippen LogP contribution is 2.15. The van der Waals surface area contributed by atoms with Crippen LogP contribution in [0.15, 0.2) is 97.1 Å². The summed E-state index contributed by atoms with van der Waals surface area (Å²) in [6.07, 6.45) is 9.25. The first-order chi connectivity index (χ1) is 17.6. The summed E-state index contributed by atoms with van der Waals surface area (Å²) < 4.78 is 0. The summed E-state index contributed by atoms with van der Waals surface area (Å²) in [7, 11) is 0. The minimum absolute atomic E-state index is 1.11. The van der Waals surface area contributed by atoms with Crippen molar-refractivity contribution >= 4 is 0 Å². The van der Waals surface area contributed by atoms with Gasteiger partial charge in [-0.2, -0.15) is 0 Å². The molecule has 0 saturated heterocycles. The molecule has 0 saturated carbocycles. The Balaban J connectivity index is 0.00000176. The summed E-state index contributed by atoms with van der Waals surface area (Å²) in [5.74, 6) is 0. The molecule has 4 rings (SSSR count). The standard InChI is InChI=1S/C34H38.C2H6/c1-27-9-13-29(14-10-27)5-3-7-31-17-21-33(22-18-31)25-26-34-23-19-32(20-24-34)8-4-6-30-15-11-28(2)12-16-30;1-2/h9-24H,3-8,25-26H2,1-2H3;1-2H3. The van der Waals surface area contributed by atoms with Crippen LogP contribution in [-0.2, 0) is 38.5 Å². The largest absolute Gasteiger partial charge is 0.0683 e. The molecule has 4 aromatic rings. The Kier molecular flexibility index (Phi) is 11.5. The third-order valence-electron chi connectivity index (χ3n) is 6.85. The van der Waals surface area contributed by atoms with E-state index in [0.29, 0.717) is 0 Å². The summed E-state index contributed by atoms with van der Waals surface area (Å²) in [5, 5.41) is 0. The predicted molar refractivity (Wildman–Crippen MR) is 158 cm³/mol. The maximum absolute atomic E-state index is 2.32. The van der Waals surface area contributed by atoms with Gasteiger partial charge in [-0.05, 0) is 98.6 Å². The van der Waals surface area contributed by atoms with Crippen LogP contribution in [0, 0.1) is 13.8 Å². The Labute approximate surface area is 220 Å². The molecule has 0 atom stereocenters. The molecule has 0 aliphatic heterocycles. The summed E-state index contributed by atoms with van der Waals surface area (Å²) in [6, 6.07) is 36.5. The van der Waals surface area contributed by atoms with E-state index >= 15 is 0 Å². The first-order valence-electron chi connectivity index (χ1n) is 13.9. The normalized spacial score (nSPS) is 10.6. The monoisotopic (exact) mass is 476 g/mol. The number of aryl methyl sites for hydroxylation is 8. The number of hydrogen-bond donors (Lipinski definition) is 0. The first kappa shape index (κ1) is 27.5. The van der Waals surface area contributed by atoms with E-state index in [4.69, 9.17) is 0 Å². The van der Waals surface area contributed by atoms with Gasteiger partial charge >= 0.3 is 0 Å². The Morgan fingerprint density at radius 2 is 0.500 bits per heavy atom. The smallest absolute Gasteiger partial charge is 0.0238 e. The van der Waals surface area contributed by atoms with E-state index in [1.807, 2.05) is 13.8 Å². The van der Waals surface area contributed by atoms with Gasteiger partial charge in [-0.25, -0.2) is 0 Å². The van der Waals surface area contributed by atoms with Gasteiger partial charge < -0.3 is 0 Å². The molecule has 0 aromatic heterocycles. The topological polar surface area (TPSA) is 0 Å². The van der Waals surface area contributed by atoms with E-state index in [2.05, 4.69) is 111 Å². The van der Waals surface area contributed by atoms with E-state index < -0.39 is 0 Å². The van der Waals surface area contributed by atoms with Crippen LogP contribution in [0.1, 0.15) is 71.2 Å². The molecule has 36 heavy (non-hydrogen) atoms. The summed E-state index contributed by atoms with van der Waals surface area (Å²) in [6.45, 7) is 8.30. The first-order valence-corrected chi connectivity index (χ1v) is 13.9. The molecule has 0 bridgehead atoms. The molecule has 188 valence electrons. The molecule has 0 aliphatic carbocycles. The molecule has 0 N–H and O–H groups in total. The van der Waals surface area contributed by atoms with Crippen molar-refractivity contribution in [3.8, 4) is 0 Å². The minimum atomic E-state index is 1.11. The number of rotatable bonds is 11. The Morgan fingerprint density at radius 3 is 0.750 bits per heavy atom. The van der Waals surface area contributed by atoms with Crippen LogP contribution in [-0.4, -0.2) is 0 Å². The SMILES string of the molecule is CC.Cc1ccc(CCCc2ccc(CCc3ccc(CCCc4ccc(C)cc4)cc3)cc2)cc1. The van der Waals surface area contributed by atoms with Crippen LogP contribution >= 0.6 is 0 Å². The zero-order chi connectivity index (χ0) is 25.6. The fourth-order valence-electron chi connectivity index (χ4n) is 4.54. The van der Waals surface area contributed by atoms with Gasteiger partial charge in [-0.15, -0.1) is 0 Å². The van der Waals surface area contributed by atoms with Crippen LogP contribution in [0.3, 0.4) is 0 Å². The third-order valence-corrected chi connectivity index (χ3v) is 6.85. The zero-order valence-electron chi connectivity index (χ0n) is 22.9. The van der Waals surface area contributed by atoms with Gasteiger partial charge in [0.15, 0.2) is 0 Å². The van der Waals surface area contributed by atoms with E-state index in [0.717, 1.165) is 38.5 Å². The number of hydrogen-bond acceptors (Lipinski definition) is 0. The molecule has 0 amide bonds. The lowest BCUT2D eigenvalue weighted by Gasteiger charge is -2.07. The van der Waals surface area contributed by atoms with Crippen molar-refractivity contribution in [1.82, 2.24) is 0 Å². The van der Waals surface area contributed by atoms with E-state index in [-0.39, 0.29) is 0 Å². The quantitative estimate of drug-likeness (QED) is 0.202. The molecular weight excluding hydrogens is 432 g/mol. The summed E-state index contributed by atoms with van der Waals surface area (Å²) >= 11 is 0. The van der Waals surface area contributed by atoms with Crippen LogP contribution in [0.4, 0.5) is 0 Å². The second-order valence-corrected chi connectivity index (χ2v) is 9.81. The number of benzene rings is 4. The Morgan fingerprint density at radius 1 is 0.306 bits per heavy atom. The fraction of sp³-hybridized carbons (Fsp3) is 0.333. The van der Waals surface area contributed by atoms with Crippen LogP contribution in [0.25, 0.3) is 0 Å². The average molecular weight is 477 g/mol. The molecule has 0 unspecified atom stereocenters. The highest BCUT2D eigenvalue weighted by Gasteiger charge is 2.01. The summed E-state index contributed by atoms with van der Waals surface area (Å²) in [5.41, 5.74) is 11.3. The highest BCUT2D eigenvalue weighted by molar-refractivity contribution is 5.27. The van der Waals surface area contributed by atoms with Crippen LogP contribution < -0.4 is 0 Å². The lowest BCUT2D eigenvalue weighted by Crippen LogP contribution is -1.95. The van der Waals surface area contributed by atoms with Crippen molar-refractivity contribution in [2.45, 2.75) is 79.1 Å². The van der Waals surface area contributed by atoms with E-state index in [9.17, 15) is 0 Å². The Bertz CT molecular complexity index is 1020. The van der Waals surface area contributed by atoms with Crippen molar-refractivity contribution in [2.24, 2.45) is 0 Å². The van der Waals surface area contributed by atoms with E-state index in [1.54, 1.807) is 0 Å². The van der Waals surface area contributed by atoms with E-state index in [1.165, 1.54) is 57.3 Å².